The maximum absolute atomic E-state index is 6.12. The van der Waals surface area contributed by atoms with Gasteiger partial charge in [0.05, 0.1) is 0 Å². The van der Waals surface area contributed by atoms with E-state index < -0.39 is 0 Å². The zero-order chi connectivity index (χ0) is 9.97. The summed E-state index contributed by atoms with van der Waals surface area (Å²) in [5.74, 6) is 0.929. The first-order chi connectivity index (χ1) is 6.77. The van der Waals surface area contributed by atoms with Gasteiger partial charge in [-0.2, -0.15) is 0 Å². The number of halogens is 1. The fourth-order valence-electron chi connectivity index (χ4n) is 1.61. The van der Waals surface area contributed by atoms with Crippen molar-refractivity contribution in [3.63, 3.8) is 0 Å². The second kappa shape index (κ2) is 4.33. The number of hydrogen-bond donors (Lipinski definition) is 1. The average Bonchev–Trinajstić information content (AvgIpc) is 2.94. The molecule has 0 amide bonds. The Labute approximate surface area is 90.5 Å². The SMILES string of the molecule is Cc1cccc(Cl)c1CNCC1CC1. The number of benzene rings is 1. The summed E-state index contributed by atoms with van der Waals surface area (Å²) in [6.45, 7) is 4.16. The Morgan fingerprint density at radius 1 is 1.43 bits per heavy atom. The molecule has 0 spiro atoms. The predicted octanol–water partition coefficient (Wildman–Crippen LogP) is 3.15. The van der Waals surface area contributed by atoms with Crippen LogP contribution in [0.3, 0.4) is 0 Å². The van der Waals surface area contributed by atoms with E-state index in [0.29, 0.717) is 0 Å². The van der Waals surface area contributed by atoms with Crippen molar-refractivity contribution in [2.24, 2.45) is 5.92 Å². The smallest absolute Gasteiger partial charge is 0.0453 e. The third-order valence-corrected chi connectivity index (χ3v) is 3.14. The summed E-state index contributed by atoms with van der Waals surface area (Å²) in [5, 5.41) is 4.34. The molecule has 1 aliphatic rings. The molecule has 76 valence electrons. The normalized spacial score (nSPS) is 15.9. The molecule has 0 atom stereocenters. The Bertz CT molecular complexity index is 298. The maximum Gasteiger partial charge on any atom is 0.0453 e. The van der Waals surface area contributed by atoms with Crippen LogP contribution in [0.2, 0.25) is 5.02 Å². The van der Waals surface area contributed by atoms with Gasteiger partial charge in [-0.05, 0) is 49.4 Å². The topological polar surface area (TPSA) is 12.0 Å². The first-order valence-electron chi connectivity index (χ1n) is 5.22. The fourth-order valence-corrected chi connectivity index (χ4v) is 1.90. The minimum Gasteiger partial charge on any atom is -0.312 e. The number of rotatable bonds is 4. The van der Waals surface area contributed by atoms with Gasteiger partial charge in [0.2, 0.25) is 0 Å². The van der Waals surface area contributed by atoms with Gasteiger partial charge in [0.15, 0.2) is 0 Å². The van der Waals surface area contributed by atoms with Crippen LogP contribution in [0.5, 0.6) is 0 Å². The van der Waals surface area contributed by atoms with Crippen LogP contribution in [-0.2, 0) is 6.54 Å². The lowest BCUT2D eigenvalue weighted by Gasteiger charge is -2.09. The zero-order valence-electron chi connectivity index (χ0n) is 8.52. The number of aryl methyl sites for hydroxylation is 1. The van der Waals surface area contributed by atoms with Crippen LogP contribution in [0.1, 0.15) is 24.0 Å². The van der Waals surface area contributed by atoms with E-state index >= 15 is 0 Å². The molecule has 0 radical (unpaired) electrons. The monoisotopic (exact) mass is 209 g/mol. The molecule has 0 aliphatic heterocycles. The minimum atomic E-state index is 0.883. The highest BCUT2D eigenvalue weighted by atomic mass is 35.5. The first-order valence-corrected chi connectivity index (χ1v) is 5.60. The molecule has 2 heteroatoms. The molecule has 0 unspecified atom stereocenters. The van der Waals surface area contributed by atoms with Crippen LogP contribution in [0, 0.1) is 12.8 Å². The molecule has 1 aliphatic carbocycles. The molecule has 1 aromatic carbocycles. The van der Waals surface area contributed by atoms with Gasteiger partial charge >= 0.3 is 0 Å². The van der Waals surface area contributed by atoms with Crippen LogP contribution in [-0.4, -0.2) is 6.54 Å². The van der Waals surface area contributed by atoms with Crippen LogP contribution in [0.15, 0.2) is 18.2 Å². The molecule has 2 rings (SSSR count). The third kappa shape index (κ3) is 2.49. The van der Waals surface area contributed by atoms with Gasteiger partial charge in [0, 0.05) is 11.6 Å². The molecule has 1 N–H and O–H groups in total. The highest BCUT2D eigenvalue weighted by molar-refractivity contribution is 6.31. The average molecular weight is 210 g/mol. The Morgan fingerprint density at radius 3 is 2.86 bits per heavy atom. The lowest BCUT2D eigenvalue weighted by Crippen LogP contribution is -2.17. The molecule has 0 saturated heterocycles. The van der Waals surface area contributed by atoms with Crippen molar-refractivity contribution in [1.29, 1.82) is 0 Å². The van der Waals surface area contributed by atoms with Crippen molar-refractivity contribution < 1.29 is 0 Å². The largest absolute Gasteiger partial charge is 0.312 e. The summed E-state index contributed by atoms with van der Waals surface area (Å²) in [5.41, 5.74) is 2.52. The Kier molecular flexibility index (Phi) is 3.09. The summed E-state index contributed by atoms with van der Waals surface area (Å²) in [6.07, 6.45) is 2.79. The maximum atomic E-state index is 6.12. The van der Waals surface area contributed by atoms with E-state index in [9.17, 15) is 0 Å². The van der Waals surface area contributed by atoms with Crippen molar-refractivity contribution in [3.05, 3.63) is 34.3 Å². The summed E-state index contributed by atoms with van der Waals surface area (Å²) in [4.78, 5) is 0. The van der Waals surface area contributed by atoms with E-state index in [0.717, 1.165) is 24.0 Å². The summed E-state index contributed by atoms with van der Waals surface area (Å²) < 4.78 is 0. The first kappa shape index (κ1) is 10.0. The molecule has 1 saturated carbocycles. The molecule has 1 aromatic rings. The second-order valence-corrected chi connectivity index (χ2v) is 4.52. The Balaban J connectivity index is 1.92. The highest BCUT2D eigenvalue weighted by Crippen LogP contribution is 2.28. The van der Waals surface area contributed by atoms with Crippen molar-refractivity contribution in [1.82, 2.24) is 5.32 Å². The van der Waals surface area contributed by atoms with E-state index in [1.54, 1.807) is 0 Å². The van der Waals surface area contributed by atoms with Gasteiger partial charge in [-0.25, -0.2) is 0 Å². The van der Waals surface area contributed by atoms with Gasteiger partial charge in [-0.3, -0.25) is 0 Å². The van der Waals surface area contributed by atoms with Crippen molar-refractivity contribution in [2.75, 3.05) is 6.54 Å². The van der Waals surface area contributed by atoms with Crippen molar-refractivity contribution in [3.8, 4) is 0 Å². The molecule has 14 heavy (non-hydrogen) atoms. The number of hydrogen-bond acceptors (Lipinski definition) is 1. The standard InChI is InChI=1S/C12H16ClN/c1-9-3-2-4-12(13)11(9)8-14-7-10-5-6-10/h2-4,10,14H,5-8H2,1H3. The van der Waals surface area contributed by atoms with E-state index in [-0.39, 0.29) is 0 Å². The predicted molar refractivity (Wildman–Crippen MR) is 60.6 cm³/mol. The van der Waals surface area contributed by atoms with Gasteiger partial charge in [-0.15, -0.1) is 0 Å². The van der Waals surface area contributed by atoms with Crippen molar-refractivity contribution in [2.45, 2.75) is 26.3 Å². The quantitative estimate of drug-likeness (QED) is 0.804. The van der Waals surface area contributed by atoms with E-state index in [2.05, 4.69) is 18.3 Å². The van der Waals surface area contributed by atoms with Gasteiger partial charge in [0.1, 0.15) is 0 Å². The summed E-state index contributed by atoms with van der Waals surface area (Å²) in [7, 11) is 0. The Hall–Kier alpha value is -0.530. The van der Waals surface area contributed by atoms with E-state index in [1.807, 2.05) is 12.1 Å². The molecule has 0 heterocycles. The molecule has 1 nitrogen and oxygen atoms in total. The van der Waals surface area contributed by atoms with Crippen LogP contribution >= 0.6 is 11.6 Å². The molecule has 0 bridgehead atoms. The third-order valence-electron chi connectivity index (χ3n) is 2.78. The Morgan fingerprint density at radius 2 is 2.21 bits per heavy atom. The van der Waals surface area contributed by atoms with E-state index in [1.165, 1.54) is 24.0 Å². The summed E-state index contributed by atoms with van der Waals surface area (Å²) in [6, 6.07) is 6.07. The second-order valence-electron chi connectivity index (χ2n) is 4.11. The molecular formula is C12H16ClN. The zero-order valence-corrected chi connectivity index (χ0v) is 9.27. The van der Waals surface area contributed by atoms with Crippen LogP contribution in [0.25, 0.3) is 0 Å². The van der Waals surface area contributed by atoms with Crippen LogP contribution < -0.4 is 5.32 Å². The minimum absolute atomic E-state index is 0.883. The molecule has 0 aromatic heterocycles. The molecular weight excluding hydrogens is 194 g/mol. The van der Waals surface area contributed by atoms with Gasteiger partial charge < -0.3 is 5.32 Å². The lowest BCUT2D eigenvalue weighted by atomic mass is 10.1. The van der Waals surface area contributed by atoms with E-state index in [4.69, 9.17) is 11.6 Å². The van der Waals surface area contributed by atoms with Crippen molar-refractivity contribution >= 4 is 11.6 Å². The lowest BCUT2D eigenvalue weighted by molar-refractivity contribution is 0.637. The summed E-state index contributed by atoms with van der Waals surface area (Å²) >= 11 is 6.12. The van der Waals surface area contributed by atoms with Gasteiger partial charge in [-0.1, -0.05) is 23.7 Å². The molecule has 1 fully saturated rings. The fraction of sp³-hybridized carbons (Fsp3) is 0.500. The van der Waals surface area contributed by atoms with Gasteiger partial charge in [0.25, 0.3) is 0 Å². The highest BCUT2D eigenvalue weighted by Gasteiger charge is 2.20. The van der Waals surface area contributed by atoms with Crippen LogP contribution in [0.4, 0.5) is 0 Å². The number of nitrogens with one attached hydrogen (secondary N) is 1.